The van der Waals surface area contributed by atoms with E-state index in [-0.39, 0.29) is 17.9 Å². The predicted octanol–water partition coefficient (Wildman–Crippen LogP) is 7.82. The molecule has 3 aromatic rings. The van der Waals surface area contributed by atoms with Gasteiger partial charge in [-0.3, -0.25) is 0 Å². The van der Waals surface area contributed by atoms with Crippen LogP contribution in [0.25, 0.3) is 11.1 Å². The van der Waals surface area contributed by atoms with Crippen molar-refractivity contribution in [2.75, 3.05) is 6.61 Å². The number of ether oxygens (including phenoxy) is 2. The summed E-state index contributed by atoms with van der Waals surface area (Å²) < 4.78 is 38.9. The summed E-state index contributed by atoms with van der Waals surface area (Å²) in [7, 11) is 0. The predicted molar refractivity (Wildman–Crippen MR) is 126 cm³/mol. The lowest BCUT2D eigenvalue weighted by atomic mass is 10.0. The molecule has 0 bridgehead atoms. The maximum Gasteiger partial charge on any atom is 0.202 e. The fourth-order valence-electron chi connectivity index (χ4n) is 3.50. The van der Waals surface area contributed by atoms with Gasteiger partial charge in [0.15, 0.2) is 11.6 Å². The monoisotopic (exact) mass is 449 g/mol. The molecule has 0 atom stereocenters. The molecule has 5 heteroatoms. The molecule has 0 spiro atoms. The van der Waals surface area contributed by atoms with Crippen molar-refractivity contribution in [1.29, 1.82) is 5.26 Å². The summed E-state index contributed by atoms with van der Waals surface area (Å²) in [5.41, 5.74) is 2.58. The van der Waals surface area contributed by atoms with Gasteiger partial charge in [-0.2, -0.15) is 9.65 Å². The van der Waals surface area contributed by atoms with E-state index in [1.807, 2.05) is 48.5 Å². The van der Waals surface area contributed by atoms with Crippen LogP contribution < -0.4 is 9.47 Å². The van der Waals surface area contributed by atoms with Crippen LogP contribution in [0.5, 0.6) is 11.5 Å². The van der Waals surface area contributed by atoms with E-state index in [9.17, 15) is 8.78 Å². The molecule has 0 aliphatic rings. The van der Waals surface area contributed by atoms with Crippen LogP contribution in [0.3, 0.4) is 0 Å². The Labute approximate surface area is 194 Å². The quantitative estimate of drug-likeness (QED) is 0.265. The summed E-state index contributed by atoms with van der Waals surface area (Å²) in [5.74, 6) is -1.68. The molecule has 0 aliphatic carbocycles. The zero-order valence-corrected chi connectivity index (χ0v) is 18.9. The standard InChI is InChI=1S/C28H29F2NO2/c1-2-3-4-5-6-7-18-32-25-15-12-23(13-16-25)22-10-8-21(9-11-22)20-33-26-17-14-24(19-31)27(29)28(26)30/h8-17H,2-7,18,20H2,1H3. The Bertz CT molecular complexity index is 1060. The molecule has 3 aromatic carbocycles. The first kappa shape index (κ1) is 24.3. The molecule has 0 N–H and O–H groups in total. The molecule has 0 heterocycles. The molecule has 0 saturated carbocycles. The third-order valence-electron chi connectivity index (χ3n) is 5.47. The lowest BCUT2D eigenvalue weighted by Gasteiger charge is -2.10. The lowest BCUT2D eigenvalue weighted by Crippen LogP contribution is -2.00. The molecule has 0 fully saturated rings. The van der Waals surface area contributed by atoms with Gasteiger partial charge < -0.3 is 9.47 Å². The number of benzene rings is 3. The van der Waals surface area contributed by atoms with Gasteiger partial charge in [0, 0.05) is 0 Å². The summed E-state index contributed by atoms with van der Waals surface area (Å²) >= 11 is 0. The Hall–Kier alpha value is -3.39. The smallest absolute Gasteiger partial charge is 0.202 e. The maximum absolute atomic E-state index is 14.0. The second-order valence-electron chi connectivity index (χ2n) is 7.98. The van der Waals surface area contributed by atoms with Crippen molar-refractivity contribution in [3.8, 4) is 28.7 Å². The van der Waals surface area contributed by atoms with Crippen molar-refractivity contribution in [2.45, 2.75) is 52.1 Å². The molecule has 0 amide bonds. The van der Waals surface area contributed by atoms with Gasteiger partial charge in [0.2, 0.25) is 5.82 Å². The first-order valence-corrected chi connectivity index (χ1v) is 11.5. The fraction of sp³-hybridized carbons (Fsp3) is 0.321. The highest BCUT2D eigenvalue weighted by Gasteiger charge is 2.14. The van der Waals surface area contributed by atoms with Crippen LogP contribution in [-0.4, -0.2) is 6.61 Å². The van der Waals surface area contributed by atoms with Crippen LogP contribution in [-0.2, 0) is 6.61 Å². The number of unbranched alkanes of at least 4 members (excludes halogenated alkanes) is 5. The van der Waals surface area contributed by atoms with Gasteiger partial charge in [-0.1, -0.05) is 75.4 Å². The van der Waals surface area contributed by atoms with Gasteiger partial charge in [-0.25, -0.2) is 4.39 Å². The normalized spacial score (nSPS) is 10.6. The largest absolute Gasteiger partial charge is 0.494 e. The van der Waals surface area contributed by atoms with Crippen LogP contribution in [0.1, 0.15) is 56.6 Å². The Balaban J connectivity index is 1.49. The van der Waals surface area contributed by atoms with Crippen LogP contribution in [0, 0.1) is 23.0 Å². The van der Waals surface area contributed by atoms with Crippen molar-refractivity contribution in [3.63, 3.8) is 0 Å². The number of rotatable bonds is 12. The van der Waals surface area contributed by atoms with Gasteiger partial charge in [0.25, 0.3) is 0 Å². The van der Waals surface area contributed by atoms with Crippen LogP contribution >= 0.6 is 0 Å². The Morgan fingerprint density at radius 2 is 1.36 bits per heavy atom. The van der Waals surface area contributed by atoms with Crippen LogP contribution in [0.4, 0.5) is 8.78 Å². The summed E-state index contributed by atoms with van der Waals surface area (Å²) in [6.07, 6.45) is 7.44. The average molecular weight is 450 g/mol. The van der Waals surface area contributed by atoms with Crippen molar-refractivity contribution in [3.05, 3.63) is 83.4 Å². The van der Waals surface area contributed by atoms with Gasteiger partial charge in [0.1, 0.15) is 18.4 Å². The van der Waals surface area contributed by atoms with E-state index in [1.54, 1.807) is 6.07 Å². The minimum Gasteiger partial charge on any atom is -0.494 e. The number of halogens is 2. The maximum atomic E-state index is 14.0. The molecule has 3 rings (SSSR count). The van der Waals surface area contributed by atoms with Crippen molar-refractivity contribution < 1.29 is 18.3 Å². The van der Waals surface area contributed by atoms with Gasteiger partial charge in [-0.05, 0) is 47.4 Å². The van der Waals surface area contributed by atoms with E-state index in [1.165, 1.54) is 44.2 Å². The Morgan fingerprint density at radius 3 is 2.03 bits per heavy atom. The second-order valence-corrected chi connectivity index (χ2v) is 7.98. The van der Waals surface area contributed by atoms with Gasteiger partial charge >= 0.3 is 0 Å². The van der Waals surface area contributed by atoms with E-state index in [0.717, 1.165) is 35.5 Å². The first-order valence-electron chi connectivity index (χ1n) is 11.5. The van der Waals surface area contributed by atoms with Crippen LogP contribution in [0.15, 0.2) is 60.7 Å². The summed E-state index contributed by atoms with van der Waals surface area (Å²) in [5, 5.41) is 8.75. The fourth-order valence-corrected chi connectivity index (χ4v) is 3.50. The number of hydrogen-bond acceptors (Lipinski definition) is 3. The van der Waals surface area contributed by atoms with Gasteiger partial charge in [0.05, 0.1) is 12.2 Å². The molecule has 3 nitrogen and oxygen atoms in total. The SMILES string of the molecule is CCCCCCCCOc1ccc(-c2ccc(COc3ccc(C#N)c(F)c3F)cc2)cc1. The highest BCUT2D eigenvalue weighted by Crippen LogP contribution is 2.25. The highest BCUT2D eigenvalue weighted by atomic mass is 19.2. The molecule has 0 radical (unpaired) electrons. The topological polar surface area (TPSA) is 42.2 Å². The van der Waals surface area contributed by atoms with E-state index in [4.69, 9.17) is 14.7 Å². The molecule has 172 valence electrons. The Morgan fingerprint density at radius 1 is 0.727 bits per heavy atom. The Kier molecular flexibility index (Phi) is 9.26. The summed E-state index contributed by atoms with van der Waals surface area (Å²) in [6.45, 7) is 3.05. The molecule has 0 saturated heterocycles. The highest BCUT2D eigenvalue weighted by molar-refractivity contribution is 5.64. The zero-order valence-electron chi connectivity index (χ0n) is 18.9. The van der Waals surface area contributed by atoms with Crippen molar-refractivity contribution in [2.24, 2.45) is 0 Å². The van der Waals surface area contributed by atoms with Crippen LogP contribution in [0.2, 0.25) is 0 Å². The van der Waals surface area contributed by atoms with Crippen molar-refractivity contribution >= 4 is 0 Å². The molecule has 33 heavy (non-hydrogen) atoms. The number of nitriles is 1. The third-order valence-corrected chi connectivity index (χ3v) is 5.47. The number of nitrogens with zero attached hydrogens (tertiary/aromatic N) is 1. The summed E-state index contributed by atoms with van der Waals surface area (Å²) in [4.78, 5) is 0. The third kappa shape index (κ3) is 7.05. The zero-order chi connectivity index (χ0) is 23.5. The second kappa shape index (κ2) is 12.6. The van der Waals surface area contributed by atoms with E-state index >= 15 is 0 Å². The molecular formula is C28H29F2NO2. The molecule has 0 aliphatic heterocycles. The summed E-state index contributed by atoms with van der Waals surface area (Å²) in [6, 6.07) is 19.8. The van der Waals surface area contributed by atoms with Gasteiger partial charge in [-0.15, -0.1) is 0 Å². The van der Waals surface area contributed by atoms with E-state index in [2.05, 4.69) is 6.92 Å². The minimum atomic E-state index is -1.19. The lowest BCUT2D eigenvalue weighted by molar-refractivity contribution is 0.284. The van der Waals surface area contributed by atoms with E-state index in [0.29, 0.717) is 0 Å². The molecule has 0 aromatic heterocycles. The first-order chi connectivity index (χ1) is 16.1. The minimum absolute atomic E-state index is 0.0910. The average Bonchev–Trinajstić information content (AvgIpc) is 2.85. The molecular weight excluding hydrogens is 420 g/mol. The molecule has 0 unspecified atom stereocenters. The number of hydrogen-bond donors (Lipinski definition) is 0. The van der Waals surface area contributed by atoms with E-state index < -0.39 is 11.6 Å². The van der Waals surface area contributed by atoms with Crippen molar-refractivity contribution in [1.82, 2.24) is 0 Å².